The first-order valence-electron chi connectivity index (χ1n) is 7.64. The fraction of sp³-hybridized carbons (Fsp3) is 0.562. The quantitative estimate of drug-likeness (QED) is 0.895. The molecule has 0 saturated carbocycles. The Morgan fingerprint density at radius 1 is 1.45 bits per heavy atom. The molecule has 1 atom stereocenters. The smallest absolute Gasteiger partial charge is 0.252 e. The number of thioether (sulfide) groups is 1. The van der Waals surface area contributed by atoms with Crippen LogP contribution < -0.4 is 10.6 Å². The Bertz CT molecular complexity index is 561. The van der Waals surface area contributed by atoms with Gasteiger partial charge >= 0.3 is 0 Å². The number of rotatable bonds is 3. The number of amides is 1. The second-order valence-electron chi connectivity index (χ2n) is 5.77. The summed E-state index contributed by atoms with van der Waals surface area (Å²) in [6, 6.07) is 4.94. The van der Waals surface area contributed by atoms with E-state index in [1.54, 1.807) is 13.2 Å². The lowest BCUT2D eigenvalue weighted by Crippen LogP contribution is -2.54. The molecule has 1 aromatic rings. The van der Waals surface area contributed by atoms with Crippen molar-refractivity contribution < 1.29 is 13.9 Å². The minimum atomic E-state index is -0.761. The van der Waals surface area contributed by atoms with Gasteiger partial charge in [-0.1, -0.05) is 12.1 Å². The van der Waals surface area contributed by atoms with Gasteiger partial charge in [0, 0.05) is 17.8 Å². The van der Waals surface area contributed by atoms with Crippen LogP contribution >= 0.6 is 11.8 Å². The monoisotopic (exact) mass is 324 g/mol. The van der Waals surface area contributed by atoms with Gasteiger partial charge < -0.3 is 15.4 Å². The van der Waals surface area contributed by atoms with Crippen molar-refractivity contribution in [1.82, 2.24) is 10.6 Å². The number of hydrogen-bond donors (Lipinski definition) is 2. The number of benzene rings is 1. The van der Waals surface area contributed by atoms with Crippen molar-refractivity contribution in [2.75, 3.05) is 26.0 Å². The van der Waals surface area contributed by atoms with Gasteiger partial charge in [0.15, 0.2) is 0 Å². The second-order valence-corrected chi connectivity index (χ2v) is 6.87. The van der Waals surface area contributed by atoms with Crippen molar-refractivity contribution in [3.8, 4) is 0 Å². The Morgan fingerprint density at radius 3 is 2.95 bits per heavy atom. The van der Waals surface area contributed by atoms with Crippen molar-refractivity contribution in [2.45, 2.75) is 35.8 Å². The molecule has 22 heavy (non-hydrogen) atoms. The highest BCUT2D eigenvalue weighted by atomic mass is 32.2. The molecule has 6 heteroatoms. The highest BCUT2D eigenvalue weighted by Crippen LogP contribution is 2.38. The normalized spacial score (nSPS) is 23.6. The molecule has 0 spiro atoms. The van der Waals surface area contributed by atoms with Crippen LogP contribution in [-0.4, -0.2) is 37.5 Å². The second kappa shape index (κ2) is 6.56. The van der Waals surface area contributed by atoms with E-state index >= 15 is 0 Å². The number of carbonyl (C=O) groups is 1. The summed E-state index contributed by atoms with van der Waals surface area (Å²) in [5, 5.41) is 6.33. The van der Waals surface area contributed by atoms with Crippen molar-refractivity contribution in [2.24, 2.45) is 0 Å². The molecule has 1 saturated heterocycles. The largest absolute Gasteiger partial charge is 0.368 e. The Balaban J connectivity index is 1.79. The van der Waals surface area contributed by atoms with Gasteiger partial charge in [0.25, 0.3) is 5.91 Å². The molecule has 1 amide bonds. The highest BCUT2D eigenvalue weighted by Gasteiger charge is 2.41. The topological polar surface area (TPSA) is 50.4 Å². The molecule has 120 valence electrons. The van der Waals surface area contributed by atoms with Crippen LogP contribution in [0.1, 0.15) is 30.9 Å². The van der Waals surface area contributed by atoms with Crippen LogP contribution in [0.5, 0.6) is 0 Å². The lowest BCUT2D eigenvalue weighted by molar-refractivity contribution is -0.147. The molecule has 0 bridgehead atoms. The molecule has 2 aliphatic heterocycles. The maximum absolute atomic E-state index is 13.9. The predicted molar refractivity (Wildman–Crippen MR) is 84.5 cm³/mol. The maximum Gasteiger partial charge on any atom is 0.252 e. The van der Waals surface area contributed by atoms with Crippen LogP contribution in [0.15, 0.2) is 23.1 Å². The first-order chi connectivity index (χ1) is 10.7. The van der Waals surface area contributed by atoms with E-state index in [1.165, 1.54) is 17.8 Å². The summed E-state index contributed by atoms with van der Waals surface area (Å²) in [4.78, 5) is 13.4. The number of nitrogens with one attached hydrogen (secondary N) is 2. The van der Waals surface area contributed by atoms with Crippen LogP contribution in [-0.2, 0) is 9.53 Å². The summed E-state index contributed by atoms with van der Waals surface area (Å²) >= 11 is 1.52. The molecule has 0 radical (unpaired) electrons. The molecule has 2 aliphatic rings. The predicted octanol–water partition coefficient (Wildman–Crippen LogP) is 2.25. The van der Waals surface area contributed by atoms with E-state index in [0.29, 0.717) is 17.7 Å². The van der Waals surface area contributed by atoms with Gasteiger partial charge in [0.2, 0.25) is 0 Å². The molecule has 3 rings (SSSR count). The molecule has 0 aromatic heterocycles. The number of halogens is 1. The summed E-state index contributed by atoms with van der Waals surface area (Å²) in [5.74, 6) is 0.522. The standard InChI is InChI=1S/C16H21FN2O2S/c1-21-16(6-8-18-9-7-16)15(20)19-13-5-10-22-14-11(13)3-2-4-12(14)17/h2-4,13,18H,5-10H2,1H3,(H,19,20). The van der Waals surface area contributed by atoms with Crippen molar-refractivity contribution in [3.63, 3.8) is 0 Å². The minimum Gasteiger partial charge on any atom is -0.368 e. The zero-order chi connectivity index (χ0) is 15.6. The van der Waals surface area contributed by atoms with Crippen LogP contribution in [0.4, 0.5) is 4.39 Å². The Kier molecular flexibility index (Phi) is 4.70. The highest BCUT2D eigenvalue weighted by molar-refractivity contribution is 7.99. The minimum absolute atomic E-state index is 0.0800. The zero-order valence-electron chi connectivity index (χ0n) is 12.7. The lowest BCUT2D eigenvalue weighted by atomic mass is 9.90. The number of hydrogen-bond acceptors (Lipinski definition) is 4. The van der Waals surface area contributed by atoms with E-state index in [9.17, 15) is 9.18 Å². The molecule has 2 heterocycles. The van der Waals surface area contributed by atoms with E-state index in [0.717, 1.165) is 30.8 Å². The summed E-state index contributed by atoms with van der Waals surface area (Å²) < 4.78 is 19.5. The first kappa shape index (κ1) is 15.8. The van der Waals surface area contributed by atoms with E-state index in [1.807, 2.05) is 6.07 Å². The van der Waals surface area contributed by atoms with Gasteiger partial charge in [0.1, 0.15) is 11.4 Å². The van der Waals surface area contributed by atoms with Gasteiger partial charge in [-0.3, -0.25) is 4.79 Å². The number of fused-ring (bicyclic) bond motifs is 1. The third-order valence-corrected chi connectivity index (χ3v) is 5.71. The van der Waals surface area contributed by atoms with Crippen molar-refractivity contribution in [1.29, 1.82) is 0 Å². The zero-order valence-corrected chi connectivity index (χ0v) is 13.5. The van der Waals surface area contributed by atoms with Crippen LogP contribution in [0.3, 0.4) is 0 Å². The van der Waals surface area contributed by atoms with Crippen LogP contribution in [0, 0.1) is 5.82 Å². The van der Waals surface area contributed by atoms with E-state index in [4.69, 9.17) is 4.74 Å². The van der Waals surface area contributed by atoms with Crippen molar-refractivity contribution >= 4 is 17.7 Å². The van der Waals surface area contributed by atoms with Gasteiger partial charge in [0.05, 0.1) is 6.04 Å². The fourth-order valence-electron chi connectivity index (χ4n) is 3.18. The number of methoxy groups -OCH3 is 1. The summed E-state index contributed by atoms with van der Waals surface area (Å²) in [6.45, 7) is 1.54. The molecule has 0 aliphatic carbocycles. The van der Waals surface area contributed by atoms with Crippen LogP contribution in [0.25, 0.3) is 0 Å². The first-order valence-corrected chi connectivity index (χ1v) is 8.63. The SMILES string of the molecule is COC1(C(=O)NC2CCSc3c(F)cccc32)CCNCC1. The van der Waals surface area contributed by atoms with E-state index in [-0.39, 0.29) is 17.8 Å². The van der Waals surface area contributed by atoms with Gasteiger partial charge in [-0.05, 0) is 44.0 Å². The molecule has 2 N–H and O–H groups in total. The average molecular weight is 324 g/mol. The van der Waals surface area contributed by atoms with Gasteiger partial charge in [-0.25, -0.2) is 4.39 Å². The number of carbonyl (C=O) groups excluding carboxylic acids is 1. The third-order valence-electron chi connectivity index (χ3n) is 4.55. The fourth-order valence-corrected chi connectivity index (χ4v) is 4.32. The van der Waals surface area contributed by atoms with Crippen molar-refractivity contribution in [3.05, 3.63) is 29.6 Å². The molecular formula is C16H21FN2O2S. The van der Waals surface area contributed by atoms with Gasteiger partial charge in [-0.15, -0.1) is 11.8 Å². The molecular weight excluding hydrogens is 303 g/mol. The lowest BCUT2D eigenvalue weighted by Gasteiger charge is -2.37. The van der Waals surface area contributed by atoms with E-state index < -0.39 is 5.60 Å². The molecule has 1 unspecified atom stereocenters. The summed E-state index contributed by atoms with van der Waals surface area (Å²) in [6.07, 6.45) is 2.13. The summed E-state index contributed by atoms with van der Waals surface area (Å²) in [7, 11) is 1.59. The summed E-state index contributed by atoms with van der Waals surface area (Å²) in [5.41, 5.74) is 0.119. The Morgan fingerprint density at radius 2 is 2.23 bits per heavy atom. The maximum atomic E-state index is 13.9. The number of piperidine rings is 1. The Hall–Kier alpha value is -1.11. The Labute approximate surface area is 134 Å². The van der Waals surface area contributed by atoms with Gasteiger partial charge in [-0.2, -0.15) is 0 Å². The molecule has 1 fully saturated rings. The van der Waals surface area contributed by atoms with E-state index in [2.05, 4.69) is 10.6 Å². The third kappa shape index (κ3) is 2.87. The number of ether oxygens (including phenoxy) is 1. The molecule has 1 aromatic carbocycles. The molecule has 4 nitrogen and oxygen atoms in total. The van der Waals surface area contributed by atoms with Crippen LogP contribution in [0.2, 0.25) is 0 Å². The average Bonchev–Trinajstić information content (AvgIpc) is 2.56.